The van der Waals surface area contributed by atoms with E-state index in [1.54, 1.807) is 10.7 Å². The molecule has 0 radical (unpaired) electrons. The highest BCUT2D eigenvalue weighted by atomic mass is 35.5. The van der Waals surface area contributed by atoms with Crippen molar-refractivity contribution in [1.82, 2.24) is 24.4 Å². The summed E-state index contributed by atoms with van der Waals surface area (Å²) < 4.78 is 1.67. The first-order chi connectivity index (χ1) is 17.1. The Balaban J connectivity index is 0.000000179. The molecule has 1 amide bonds. The van der Waals surface area contributed by atoms with Crippen molar-refractivity contribution in [3.63, 3.8) is 0 Å². The molecular formula is C28H36ClN5O2. The molecule has 0 atom stereocenters. The summed E-state index contributed by atoms with van der Waals surface area (Å²) in [5, 5.41) is 5.23. The van der Waals surface area contributed by atoms with Gasteiger partial charge < -0.3 is 4.90 Å². The van der Waals surface area contributed by atoms with Gasteiger partial charge in [-0.05, 0) is 57.9 Å². The van der Waals surface area contributed by atoms with Crippen LogP contribution in [0.3, 0.4) is 0 Å². The van der Waals surface area contributed by atoms with Gasteiger partial charge >= 0.3 is 0 Å². The second-order valence-corrected chi connectivity index (χ2v) is 11.3. The number of aromatic nitrogens is 3. The SMILES string of the molecule is CC(C)c1cc(-c2ccc(Cl)cc2)nn2cc(C=O)nc12.CN1CCN(C(=O)C2CCC2)CC1(C)C. The van der Waals surface area contributed by atoms with Gasteiger partial charge in [0.25, 0.3) is 0 Å². The molecule has 0 spiro atoms. The average Bonchev–Trinajstić information content (AvgIpc) is 3.23. The normalized spacial score (nSPS) is 18.0. The maximum atomic E-state index is 12.1. The molecule has 1 saturated carbocycles. The van der Waals surface area contributed by atoms with Crippen LogP contribution >= 0.6 is 11.6 Å². The predicted molar refractivity (Wildman–Crippen MR) is 144 cm³/mol. The fourth-order valence-electron chi connectivity index (χ4n) is 4.60. The molecule has 5 rings (SSSR count). The van der Waals surface area contributed by atoms with E-state index in [2.05, 4.69) is 54.6 Å². The Morgan fingerprint density at radius 1 is 1.17 bits per heavy atom. The van der Waals surface area contributed by atoms with Gasteiger partial charge in [-0.3, -0.25) is 14.5 Å². The lowest BCUT2D eigenvalue weighted by molar-refractivity contribution is -0.142. The van der Waals surface area contributed by atoms with Crippen LogP contribution < -0.4 is 0 Å². The summed E-state index contributed by atoms with van der Waals surface area (Å²) in [6.45, 7) is 11.4. The van der Waals surface area contributed by atoms with E-state index in [-0.39, 0.29) is 11.5 Å². The van der Waals surface area contributed by atoms with Gasteiger partial charge in [0.15, 0.2) is 11.9 Å². The van der Waals surface area contributed by atoms with Gasteiger partial charge in [-0.1, -0.05) is 44.0 Å². The van der Waals surface area contributed by atoms with Crippen molar-refractivity contribution >= 4 is 29.4 Å². The second-order valence-electron chi connectivity index (χ2n) is 10.8. The van der Waals surface area contributed by atoms with Crippen LogP contribution in [0, 0.1) is 5.92 Å². The van der Waals surface area contributed by atoms with E-state index in [9.17, 15) is 9.59 Å². The van der Waals surface area contributed by atoms with Gasteiger partial charge in [-0.2, -0.15) is 5.10 Å². The molecule has 3 aromatic rings. The molecule has 2 fully saturated rings. The Morgan fingerprint density at radius 3 is 2.42 bits per heavy atom. The first-order valence-corrected chi connectivity index (χ1v) is 13.1. The highest BCUT2D eigenvalue weighted by Gasteiger charge is 2.37. The van der Waals surface area contributed by atoms with E-state index in [1.165, 1.54) is 6.42 Å². The molecule has 192 valence electrons. The van der Waals surface area contributed by atoms with E-state index >= 15 is 0 Å². The number of imidazole rings is 1. The fourth-order valence-corrected chi connectivity index (χ4v) is 4.73. The number of carbonyl (C=O) groups is 2. The highest BCUT2D eigenvalue weighted by Crippen LogP contribution is 2.30. The Labute approximate surface area is 218 Å². The number of nitrogens with zero attached hydrogens (tertiary/aromatic N) is 5. The Morgan fingerprint density at radius 2 is 1.86 bits per heavy atom. The van der Waals surface area contributed by atoms with E-state index in [0.29, 0.717) is 22.5 Å². The number of likely N-dealkylation sites (N-methyl/N-ethyl adjacent to an activating group) is 1. The zero-order valence-corrected chi connectivity index (χ0v) is 22.6. The lowest BCUT2D eigenvalue weighted by Gasteiger charge is -2.46. The molecule has 7 nitrogen and oxygen atoms in total. The minimum Gasteiger partial charge on any atom is -0.339 e. The lowest BCUT2D eigenvalue weighted by atomic mass is 9.83. The number of piperazine rings is 1. The van der Waals surface area contributed by atoms with Gasteiger partial charge in [-0.15, -0.1) is 0 Å². The van der Waals surface area contributed by atoms with Gasteiger partial charge in [0, 0.05) is 47.2 Å². The largest absolute Gasteiger partial charge is 0.339 e. The van der Waals surface area contributed by atoms with Gasteiger partial charge in [-0.25, -0.2) is 9.50 Å². The van der Waals surface area contributed by atoms with Gasteiger partial charge in [0.1, 0.15) is 5.69 Å². The average molecular weight is 510 g/mol. The van der Waals surface area contributed by atoms with Crippen molar-refractivity contribution in [2.75, 3.05) is 26.7 Å². The van der Waals surface area contributed by atoms with Gasteiger partial charge in [0.2, 0.25) is 5.91 Å². The van der Waals surface area contributed by atoms with Crippen molar-refractivity contribution in [2.24, 2.45) is 5.92 Å². The molecule has 1 aromatic carbocycles. The molecule has 1 saturated heterocycles. The summed E-state index contributed by atoms with van der Waals surface area (Å²) in [5.41, 5.74) is 4.12. The summed E-state index contributed by atoms with van der Waals surface area (Å²) in [4.78, 5) is 31.7. The van der Waals surface area contributed by atoms with Gasteiger partial charge in [0.05, 0.1) is 11.9 Å². The van der Waals surface area contributed by atoms with Crippen molar-refractivity contribution < 1.29 is 9.59 Å². The number of amides is 1. The fraction of sp³-hybridized carbons (Fsp3) is 0.500. The third kappa shape index (κ3) is 5.62. The zero-order valence-electron chi connectivity index (χ0n) is 21.9. The van der Waals surface area contributed by atoms with Crippen molar-refractivity contribution in [2.45, 2.75) is 58.4 Å². The molecule has 8 heteroatoms. The molecule has 0 bridgehead atoms. The Kier molecular flexibility index (Phi) is 7.81. The van der Waals surface area contributed by atoms with Crippen LogP contribution in [0.25, 0.3) is 16.9 Å². The predicted octanol–water partition coefficient (Wildman–Crippen LogP) is 5.32. The topological polar surface area (TPSA) is 70.8 Å². The summed E-state index contributed by atoms with van der Waals surface area (Å²) in [6, 6.07) is 9.55. The number of hydrogen-bond acceptors (Lipinski definition) is 5. The van der Waals surface area contributed by atoms with E-state index < -0.39 is 0 Å². The van der Waals surface area contributed by atoms with Crippen LogP contribution in [0.2, 0.25) is 5.02 Å². The van der Waals surface area contributed by atoms with Crippen molar-refractivity contribution in [3.05, 3.63) is 52.8 Å². The zero-order chi connectivity index (χ0) is 26.0. The first-order valence-electron chi connectivity index (χ1n) is 12.7. The van der Waals surface area contributed by atoms with E-state index in [0.717, 1.165) is 61.2 Å². The number of aldehydes is 1. The van der Waals surface area contributed by atoms with Crippen LogP contribution in [-0.2, 0) is 4.79 Å². The minimum atomic E-state index is 0.137. The van der Waals surface area contributed by atoms with Crippen molar-refractivity contribution in [1.29, 1.82) is 0 Å². The highest BCUT2D eigenvalue weighted by molar-refractivity contribution is 6.30. The molecular weight excluding hydrogens is 474 g/mol. The monoisotopic (exact) mass is 509 g/mol. The number of benzene rings is 1. The number of halogens is 1. The summed E-state index contributed by atoms with van der Waals surface area (Å²) >= 11 is 5.92. The van der Waals surface area contributed by atoms with Crippen LogP contribution in [-0.4, -0.2) is 68.8 Å². The Bertz CT molecular complexity index is 1230. The second kappa shape index (κ2) is 10.7. The van der Waals surface area contributed by atoms with Crippen LogP contribution in [0.5, 0.6) is 0 Å². The third-order valence-corrected chi connectivity index (χ3v) is 7.69. The molecule has 0 unspecified atom stereocenters. The standard InChI is InChI=1S/C16H14ClN3O.C12H22N2O/c1-10(2)14-7-15(11-3-5-12(17)6-4-11)19-20-8-13(9-21)18-16(14)20;1-12(2)9-14(8-7-13(12)3)11(15)10-5-4-6-10/h3-10H,1-2H3;10H,4-9H2,1-3H3. The molecule has 0 N–H and O–H groups in total. The van der Waals surface area contributed by atoms with Crippen molar-refractivity contribution in [3.8, 4) is 11.3 Å². The van der Waals surface area contributed by atoms with Crippen LogP contribution in [0.1, 0.15) is 68.9 Å². The maximum absolute atomic E-state index is 12.1. The maximum Gasteiger partial charge on any atom is 0.225 e. The molecule has 1 aliphatic carbocycles. The minimum absolute atomic E-state index is 0.137. The number of carbonyl (C=O) groups excluding carboxylic acids is 2. The molecule has 3 heterocycles. The number of fused-ring (bicyclic) bond motifs is 1. The lowest BCUT2D eigenvalue weighted by Crippen LogP contribution is -2.60. The summed E-state index contributed by atoms with van der Waals surface area (Å²) in [6.07, 6.45) is 5.86. The Hall–Kier alpha value is -2.77. The molecule has 36 heavy (non-hydrogen) atoms. The summed E-state index contributed by atoms with van der Waals surface area (Å²) in [7, 11) is 2.14. The molecule has 2 aromatic heterocycles. The smallest absolute Gasteiger partial charge is 0.225 e. The number of hydrogen-bond donors (Lipinski definition) is 0. The first kappa shape index (κ1) is 26.3. The van der Waals surface area contributed by atoms with Crippen LogP contribution in [0.4, 0.5) is 0 Å². The van der Waals surface area contributed by atoms with E-state index in [4.69, 9.17) is 11.6 Å². The molecule has 1 aliphatic heterocycles. The summed E-state index contributed by atoms with van der Waals surface area (Å²) in [5.74, 6) is 1.04. The van der Waals surface area contributed by atoms with Crippen LogP contribution in [0.15, 0.2) is 36.5 Å². The molecule has 2 aliphatic rings. The number of rotatable bonds is 4. The van der Waals surface area contributed by atoms with E-state index in [1.807, 2.05) is 30.3 Å². The third-order valence-electron chi connectivity index (χ3n) is 7.44. The quantitative estimate of drug-likeness (QED) is 0.445.